The van der Waals surface area contributed by atoms with Crippen LogP contribution < -0.4 is 5.32 Å². The molecular formula is C13H22N2O3. The standard InChI is InChI=1S/C13H22N2O3/c1-9(12(16)17)14-13(18)15-7-6-10-4-2-3-5-11(10)8-15/h9-11H,2-8H2,1H3,(H,14,18)(H,16,17). The van der Waals surface area contributed by atoms with E-state index in [2.05, 4.69) is 5.32 Å². The summed E-state index contributed by atoms with van der Waals surface area (Å²) >= 11 is 0. The normalized spacial score (nSPS) is 29.3. The van der Waals surface area contributed by atoms with Crippen LogP contribution in [0.1, 0.15) is 39.0 Å². The van der Waals surface area contributed by atoms with Crippen LogP contribution in [0.15, 0.2) is 0 Å². The minimum atomic E-state index is -0.990. The Kier molecular flexibility index (Phi) is 4.09. The Labute approximate surface area is 108 Å². The number of carboxylic acid groups (broad SMARTS) is 1. The Balaban J connectivity index is 1.86. The van der Waals surface area contributed by atoms with Crippen molar-refractivity contribution in [1.29, 1.82) is 0 Å². The molecule has 0 radical (unpaired) electrons. The highest BCUT2D eigenvalue weighted by Crippen LogP contribution is 2.35. The molecule has 0 aromatic carbocycles. The van der Waals surface area contributed by atoms with Crippen molar-refractivity contribution >= 4 is 12.0 Å². The lowest BCUT2D eigenvalue weighted by Crippen LogP contribution is -2.51. The zero-order valence-corrected chi connectivity index (χ0v) is 10.9. The van der Waals surface area contributed by atoms with Crippen molar-refractivity contribution in [3.8, 4) is 0 Å². The van der Waals surface area contributed by atoms with E-state index in [9.17, 15) is 9.59 Å². The van der Waals surface area contributed by atoms with Crippen molar-refractivity contribution in [2.24, 2.45) is 11.8 Å². The fourth-order valence-corrected chi connectivity index (χ4v) is 3.12. The molecule has 0 aromatic heterocycles. The monoisotopic (exact) mass is 254 g/mol. The largest absolute Gasteiger partial charge is 0.480 e. The average Bonchev–Trinajstić information content (AvgIpc) is 2.37. The lowest BCUT2D eigenvalue weighted by molar-refractivity contribution is -0.138. The lowest BCUT2D eigenvalue weighted by atomic mass is 9.75. The SMILES string of the molecule is CC(NC(=O)N1CCC2CCCCC2C1)C(=O)O. The van der Waals surface area contributed by atoms with Gasteiger partial charge < -0.3 is 15.3 Å². The second-order valence-corrected chi connectivity index (χ2v) is 5.55. The molecule has 1 saturated carbocycles. The van der Waals surface area contributed by atoms with Gasteiger partial charge in [-0.15, -0.1) is 0 Å². The molecule has 1 saturated heterocycles. The van der Waals surface area contributed by atoms with Gasteiger partial charge in [0.05, 0.1) is 0 Å². The number of carboxylic acids is 1. The number of carbonyl (C=O) groups is 2. The first-order valence-corrected chi connectivity index (χ1v) is 6.86. The molecule has 0 aromatic rings. The highest BCUT2D eigenvalue weighted by atomic mass is 16.4. The number of aliphatic carboxylic acids is 1. The number of hydrogen-bond donors (Lipinski definition) is 2. The third kappa shape index (κ3) is 2.94. The maximum Gasteiger partial charge on any atom is 0.325 e. The summed E-state index contributed by atoms with van der Waals surface area (Å²) in [5, 5.41) is 11.3. The Hall–Kier alpha value is -1.26. The van der Waals surface area contributed by atoms with Gasteiger partial charge in [-0.05, 0) is 31.6 Å². The van der Waals surface area contributed by atoms with Crippen molar-refractivity contribution in [3.63, 3.8) is 0 Å². The molecule has 2 N–H and O–H groups in total. The Morgan fingerprint density at radius 2 is 1.89 bits per heavy atom. The smallest absolute Gasteiger partial charge is 0.325 e. The number of likely N-dealkylation sites (tertiary alicyclic amines) is 1. The number of nitrogens with one attached hydrogen (secondary N) is 1. The van der Waals surface area contributed by atoms with Crippen LogP contribution in [0.25, 0.3) is 0 Å². The molecule has 2 amide bonds. The van der Waals surface area contributed by atoms with Gasteiger partial charge in [0.25, 0.3) is 0 Å². The Morgan fingerprint density at radius 1 is 1.22 bits per heavy atom. The summed E-state index contributed by atoms with van der Waals surface area (Å²) in [5.74, 6) is 0.411. The van der Waals surface area contributed by atoms with Gasteiger partial charge in [-0.2, -0.15) is 0 Å². The van der Waals surface area contributed by atoms with E-state index >= 15 is 0 Å². The van der Waals surface area contributed by atoms with Crippen molar-refractivity contribution in [2.75, 3.05) is 13.1 Å². The average molecular weight is 254 g/mol. The molecule has 18 heavy (non-hydrogen) atoms. The summed E-state index contributed by atoms with van der Waals surface area (Å²) < 4.78 is 0. The Bertz CT molecular complexity index is 332. The van der Waals surface area contributed by atoms with Gasteiger partial charge in [-0.1, -0.05) is 19.3 Å². The molecular weight excluding hydrogens is 232 g/mol. The van der Waals surface area contributed by atoms with Crippen LogP contribution in [0.3, 0.4) is 0 Å². The summed E-state index contributed by atoms with van der Waals surface area (Å²) in [6.45, 7) is 3.05. The minimum Gasteiger partial charge on any atom is -0.480 e. The molecule has 2 fully saturated rings. The molecule has 5 nitrogen and oxygen atoms in total. The van der Waals surface area contributed by atoms with Crippen molar-refractivity contribution < 1.29 is 14.7 Å². The van der Waals surface area contributed by atoms with Gasteiger partial charge in [0.2, 0.25) is 0 Å². The highest BCUT2D eigenvalue weighted by Gasteiger charge is 2.33. The van der Waals surface area contributed by atoms with E-state index in [0.717, 1.165) is 25.4 Å². The van der Waals surface area contributed by atoms with Gasteiger partial charge >= 0.3 is 12.0 Å². The van der Waals surface area contributed by atoms with E-state index in [1.165, 1.54) is 32.6 Å². The van der Waals surface area contributed by atoms with E-state index < -0.39 is 12.0 Å². The third-order valence-electron chi connectivity index (χ3n) is 4.29. The lowest BCUT2D eigenvalue weighted by Gasteiger charge is -2.41. The summed E-state index contributed by atoms with van der Waals surface area (Å²) in [6, 6.07) is -1.05. The van der Waals surface area contributed by atoms with Crippen molar-refractivity contribution in [2.45, 2.75) is 45.1 Å². The molecule has 2 aliphatic rings. The van der Waals surface area contributed by atoms with Gasteiger partial charge in [0, 0.05) is 13.1 Å². The van der Waals surface area contributed by atoms with Gasteiger partial charge in [0.15, 0.2) is 0 Å². The fraction of sp³-hybridized carbons (Fsp3) is 0.846. The predicted octanol–water partition coefficient (Wildman–Crippen LogP) is 1.68. The number of nitrogens with zero attached hydrogens (tertiary/aromatic N) is 1. The number of hydrogen-bond acceptors (Lipinski definition) is 2. The summed E-state index contributed by atoms with van der Waals surface area (Å²) in [7, 11) is 0. The molecule has 1 aliphatic carbocycles. The third-order valence-corrected chi connectivity index (χ3v) is 4.29. The van der Waals surface area contributed by atoms with E-state index in [1.807, 2.05) is 0 Å². The van der Waals surface area contributed by atoms with Gasteiger partial charge in [0.1, 0.15) is 6.04 Å². The van der Waals surface area contributed by atoms with E-state index in [0.29, 0.717) is 5.92 Å². The number of carbonyl (C=O) groups excluding carboxylic acids is 1. The van der Waals surface area contributed by atoms with Crippen LogP contribution in [-0.4, -0.2) is 41.1 Å². The molecule has 0 spiro atoms. The first-order chi connectivity index (χ1) is 8.58. The molecule has 2 rings (SSSR count). The zero-order chi connectivity index (χ0) is 13.1. The molecule has 5 heteroatoms. The molecule has 3 atom stereocenters. The highest BCUT2D eigenvalue weighted by molar-refractivity contribution is 5.82. The van der Waals surface area contributed by atoms with Crippen molar-refractivity contribution in [3.05, 3.63) is 0 Å². The quantitative estimate of drug-likeness (QED) is 0.787. The van der Waals surface area contributed by atoms with Crippen LogP contribution in [0, 0.1) is 11.8 Å². The molecule has 1 heterocycles. The number of amides is 2. The summed E-state index contributed by atoms with van der Waals surface area (Å²) in [6.07, 6.45) is 6.17. The Morgan fingerprint density at radius 3 is 2.56 bits per heavy atom. The van der Waals surface area contributed by atoms with Crippen LogP contribution >= 0.6 is 0 Å². The topological polar surface area (TPSA) is 69.6 Å². The maximum absolute atomic E-state index is 11.9. The summed E-state index contributed by atoms with van der Waals surface area (Å²) in [5.41, 5.74) is 0. The number of rotatable bonds is 2. The van der Waals surface area contributed by atoms with Crippen LogP contribution in [0.5, 0.6) is 0 Å². The maximum atomic E-state index is 11.9. The van der Waals surface area contributed by atoms with Gasteiger partial charge in [-0.25, -0.2) is 4.79 Å². The predicted molar refractivity (Wildman–Crippen MR) is 67.3 cm³/mol. The number of piperidine rings is 1. The van der Waals surface area contributed by atoms with Crippen molar-refractivity contribution in [1.82, 2.24) is 10.2 Å². The van der Waals surface area contributed by atoms with Crippen LogP contribution in [0.4, 0.5) is 4.79 Å². The number of urea groups is 1. The second kappa shape index (κ2) is 5.59. The minimum absolute atomic E-state index is 0.228. The van der Waals surface area contributed by atoms with Crippen LogP contribution in [0.2, 0.25) is 0 Å². The molecule has 1 aliphatic heterocycles. The fourth-order valence-electron chi connectivity index (χ4n) is 3.12. The van der Waals surface area contributed by atoms with E-state index in [1.54, 1.807) is 4.90 Å². The van der Waals surface area contributed by atoms with Gasteiger partial charge in [-0.3, -0.25) is 4.79 Å². The van der Waals surface area contributed by atoms with E-state index in [4.69, 9.17) is 5.11 Å². The summed E-state index contributed by atoms with van der Waals surface area (Å²) in [4.78, 5) is 24.4. The number of fused-ring (bicyclic) bond motifs is 1. The molecule has 3 unspecified atom stereocenters. The first-order valence-electron chi connectivity index (χ1n) is 6.86. The van der Waals surface area contributed by atoms with E-state index in [-0.39, 0.29) is 6.03 Å². The zero-order valence-electron chi connectivity index (χ0n) is 10.9. The first kappa shape index (κ1) is 13.2. The van der Waals surface area contributed by atoms with Crippen LogP contribution in [-0.2, 0) is 4.79 Å². The molecule has 0 bridgehead atoms. The molecule has 102 valence electrons. The second-order valence-electron chi connectivity index (χ2n) is 5.55.